The van der Waals surface area contributed by atoms with Gasteiger partial charge in [0.05, 0.1) is 0 Å². The fraction of sp³-hybridized carbons (Fsp3) is 0.0526. The number of halogens is 2. The number of hydrogen-bond donors (Lipinski definition) is 2. The molecule has 0 aliphatic heterocycles. The third kappa shape index (κ3) is 4.72. The van der Waals surface area contributed by atoms with Crippen molar-refractivity contribution in [2.75, 3.05) is 10.6 Å². The fourth-order valence-electron chi connectivity index (χ4n) is 2.39. The number of aromatic nitrogens is 1. The number of pyridine rings is 1. The number of anilines is 3. The van der Waals surface area contributed by atoms with E-state index in [1.54, 1.807) is 24.4 Å². The van der Waals surface area contributed by atoms with E-state index in [1.807, 2.05) is 36.4 Å². The number of hydrogen-bond acceptors (Lipinski definition) is 3. The Morgan fingerprint density at radius 2 is 1.68 bits per heavy atom. The molecular weight excluding hydrogens is 357 g/mol. The molecular formula is C19H15Cl2N3O. The van der Waals surface area contributed by atoms with Crippen molar-refractivity contribution < 1.29 is 4.79 Å². The normalized spacial score (nSPS) is 10.4. The van der Waals surface area contributed by atoms with Gasteiger partial charge in [-0.3, -0.25) is 4.79 Å². The summed E-state index contributed by atoms with van der Waals surface area (Å²) in [6, 6.07) is 16.7. The van der Waals surface area contributed by atoms with Crippen molar-refractivity contribution in [2.45, 2.75) is 6.92 Å². The highest BCUT2D eigenvalue weighted by Crippen LogP contribution is 2.26. The Balaban J connectivity index is 1.79. The average molecular weight is 372 g/mol. The van der Waals surface area contributed by atoms with Crippen LogP contribution in [0.5, 0.6) is 0 Å². The third-order valence-electron chi connectivity index (χ3n) is 3.41. The first-order valence-corrected chi connectivity index (χ1v) is 8.32. The summed E-state index contributed by atoms with van der Waals surface area (Å²) in [6.07, 6.45) is 1.77. The molecule has 6 heteroatoms. The monoisotopic (exact) mass is 371 g/mol. The second-order valence-corrected chi connectivity index (χ2v) is 6.35. The molecule has 1 heterocycles. The molecule has 0 radical (unpaired) electrons. The quantitative estimate of drug-likeness (QED) is 0.612. The Morgan fingerprint density at radius 1 is 0.920 bits per heavy atom. The highest BCUT2D eigenvalue weighted by atomic mass is 35.5. The van der Waals surface area contributed by atoms with Crippen molar-refractivity contribution in [3.63, 3.8) is 0 Å². The molecule has 3 rings (SSSR count). The molecule has 4 nitrogen and oxygen atoms in total. The first kappa shape index (κ1) is 17.3. The molecule has 0 spiro atoms. The number of benzene rings is 2. The Morgan fingerprint density at radius 3 is 2.32 bits per heavy atom. The van der Waals surface area contributed by atoms with Gasteiger partial charge >= 0.3 is 0 Å². The average Bonchev–Trinajstić information content (AvgIpc) is 2.54. The Bertz CT molecular complexity index is 891. The van der Waals surface area contributed by atoms with Crippen LogP contribution in [0.3, 0.4) is 0 Å². The molecule has 25 heavy (non-hydrogen) atoms. The van der Waals surface area contributed by atoms with Crippen molar-refractivity contribution in [2.24, 2.45) is 0 Å². The molecule has 0 bridgehead atoms. The van der Waals surface area contributed by atoms with E-state index in [9.17, 15) is 4.79 Å². The molecule has 126 valence electrons. The molecule has 0 fully saturated rings. The maximum absolute atomic E-state index is 11.2. The van der Waals surface area contributed by atoms with Gasteiger partial charge < -0.3 is 10.6 Å². The number of nitrogens with zero attached hydrogens (tertiary/aromatic N) is 1. The fourth-order valence-corrected chi connectivity index (χ4v) is 2.92. The zero-order valence-electron chi connectivity index (χ0n) is 13.4. The number of amides is 1. The lowest BCUT2D eigenvalue weighted by Crippen LogP contribution is -2.05. The zero-order chi connectivity index (χ0) is 17.8. The lowest BCUT2D eigenvalue weighted by Gasteiger charge is -2.09. The minimum atomic E-state index is -0.102. The van der Waals surface area contributed by atoms with Gasteiger partial charge in [0, 0.05) is 40.1 Å². The minimum Gasteiger partial charge on any atom is -0.340 e. The summed E-state index contributed by atoms with van der Waals surface area (Å²) in [5.41, 5.74) is 3.43. The first-order chi connectivity index (χ1) is 12.0. The third-order valence-corrected chi connectivity index (χ3v) is 3.85. The lowest BCUT2D eigenvalue weighted by molar-refractivity contribution is -0.114. The highest BCUT2D eigenvalue weighted by molar-refractivity contribution is 6.35. The molecule has 1 aromatic heterocycles. The molecule has 3 aromatic rings. The van der Waals surface area contributed by atoms with Crippen LogP contribution < -0.4 is 10.6 Å². The van der Waals surface area contributed by atoms with Gasteiger partial charge in [0.15, 0.2) is 0 Å². The van der Waals surface area contributed by atoms with Crippen LogP contribution in [0.25, 0.3) is 11.1 Å². The van der Waals surface area contributed by atoms with Gasteiger partial charge in [-0.15, -0.1) is 0 Å². The molecule has 0 aliphatic carbocycles. The predicted molar refractivity (Wildman–Crippen MR) is 104 cm³/mol. The Hall–Kier alpha value is -2.56. The maximum atomic E-state index is 11.2. The van der Waals surface area contributed by atoms with Gasteiger partial charge in [-0.2, -0.15) is 0 Å². The smallest absolute Gasteiger partial charge is 0.221 e. The van der Waals surface area contributed by atoms with E-state index < -0.39 is 0 Å². The molecule has 0 aliphatic rings. The van der Waals surface area contributed by atoms with E-state index in [2.05, 4.69) is 15.6 Å². The summed E-state index contributed by atoms with van der Waals surface area (Å²) in [7, 11) is 0. The Labute approximate surface area is 155 Å². The van der Waals surface area contributed by atoms with Crippen LogP contribution in [0.15, 0.2) is 60.8 Å². The largest absolute Gasteiger partial charge is 0.340 e. The molecule has 2 aromatic carbocycles. The molecule has 0 saturated heterocycles. The van der Waals surface area contributed by atoms with Gasteiger partial charge in [0.1, 0.15) is 5.82 Å². The summed E-state index contributed by atoms with van der Waals surface area (Å²) >= 11 is 12.0. The van der Waals surface area contributed by atoms with Crippen LogP contribution in [0.4, 0.5) is 17.2 Å². The van der Waals surface area contributed by atoms with Crippen molar-refractivity contribution in [1.82, 2.24) is 4.98 Å². The van der Waals surface area contributed by atoms with E-state index in [0.717, 1.165) is 22.5 Å². The Kier molecular flexibility index (Phi) is 5.22. The summed E-state index contributed by atoms with van der Waals surface area (Å²) in [4.78, 5) is 15.6. The highest BCUT2D eigenvalue weighted by Gasteiger charge is 2.03. The van der Waals surface area contributed by atoms with Gasteiger partial charge in [0.2, 0.25) is 5.91 Å². The molecule has 0 saturated carbocycles. The van der Waals surface area contributed by atoms with E-state index in [4.69, 9.17) is 23.2 Å². The number of carbonyl (C=O) groups excluding carboxylic acids is 1. The van der Waals surface area contributed by atoms with E-state index >= 15 is 0 Å². The van der Waals surface area contributed by atoms with Gasteiger partial charge in [0.25, 0.3) is 0 Å². The van der Waals surface area contributed by atoms with Crippen molar-refractivity contribution in [3.8, 4) is 11.1 Å². The minimum absolute atomic E-state index is 0.102. The van der Waals surface area contributed by atoms with Crippen LogP contribution in [0.1, 0.15) is 6.92 Å². The van der Waals surface area contributed by atoms with Crippen LogP contribution in [-0.4, -0.2) is 10.9 Å². The maximum Gasteiger partial charge on any atom is 0.221 e. The number of nitrogens with one attached hydrogen (secondary N) is 2. The standard InChI is InChI=1S/C19H15Cl2N3O/c1-12(25)23-17-4-2-3-13(7-17)14-5-6-19(22-11-14)24-18-9-15(20)8-16(21)10-18/h2-11H,1H3,(H,22,24)(H,23,25). The van der Waals surface area contributed by atoms with Crippen molar-refractivity contribution in [3.05, 3.63) is 70.8 Å². The first-order valence-electron chi connectivity index (χ1n) is 7.57. The van der Waals surface area contributed by atoms with Crippen LogP contribution in [0, 0.1) is 0 Å². The topological polar surface area (TPSA) is 54.0 Å². The van der Waals surface area contributed by atoms with Crippen LogP contribution in [0.2, 0.25) is 10.0 Å². The second kappa shape index (κ2) is 7.55. The summed E-state index contributed by atoms with van der Waals surface area (Å²) in [6.45, 7) is 1.48. The molecule has 0 atom stereocenters. The number of rotatable bonds is 4. The second-order valence-electron chi connectivity index (χ2n) is 5.48. The van der Waals surface area contributed by atoms with Crippen LogP contribution in [-0.2, 0) is 4.79 Å². The van der Waals surface area contributed by atoms with Gasteiger partial charge in [-0.25, -0.2) is 4.98 Å². The number of carbonyl (C=O) groups is 1. The lowest BCUT2D eigenvalue weighted by atomic mass is 10.1. The van der Waals surface area contributed by atoms with Gasteiger partial charge in [-0.1, -0.05) is 35.3 Å². The van der Waals surface area contributed by atoms with E-state index in [0.29, 0.717) is 15.9 Å². The zero-order valence-corrected chi connectivity index (χ0v) is 14.9. The summed E-state index contributed by atoms with van der Waals surface area (Å²) in [5.74, 6) is 0.579. The van der Waals surface area contributed by atoms with Crippen LogP contribution >= 0.6 is 23.2 Å². The predicted octanol–water partition coefficient (Wildman–Crippen LogP) is 5.76. The molecule has 2 N–H and O–H groups in total. The van der Waals surface area contributed by atoms with Crippen molar-refractivity contribution >= 4 is 46.3 Å². The molecule has 0 unspecified atom stereocenters. The molecule has 1 amide bonds. The van der Waals surface area contributed by atoms with Crippen molar-refractivity contribution in [1.29, 1.82) is 0 Å². The SMILES string of the molecule is CC(=O)Nc1cccc(-c2ccc(Nc3cc(Cl)cc(Cl)c3)nc2)c1. The van der Waals surface area contributed by atoms with E-state index in [1.165, 1.54) is 6.92 Å². The van der Waals surface area contributed by atoms with Gasteiger partial charge in [-0.05, 0) is 48.0 Å². The summed E-state index contributed by atoms with van der Waals surface area (Å²) < 4.78 is 0. The van der Waals surface area contributed by atoms with E-state index in [-0.39, 0.29) is 5.91 Å². The summed E-state index contributed by atoms with van der Waals surface area (Å²) in [5, 5.41) is 7.05.